The Morgan fingerprint density at radius 2 is 1.91 bits per heavy atom. The predicted molar refractivity (Wildman–Crippen MR) is 122 cm³/mol. The van der Waals surface area contributed by atoms with E-state index in [-0.39, 0.29) is 17.9 Å². The van der Waals surface area contributed by atoms with E-state index >= 15 is 0 Å². The molecule has 1 N–H and O–H groups in total. The summed E-state index contributed by atoms with van der Waals surface area (Å²) >= 11 is 0. The number of carbonyl (C=O) groups excluding carboxylic acids is 2. The highest BCUT2D eigenvalue weighted by Gasteiger charge is 2.44. The Kier molecular flexibility index (Phi) is 5.68. The number of aryl methyl sites for hydroxylation is 2. The number of rotatable bonds is 6. The molecule has 0 spiro atoms. The highest BCUT2D eigenvalue weighted by atomic mass is 16.2. The number of likely N-dealkylation sites (tertiary alicyclic amines) is 1. The molecule has 32 heavy (non-hydrogen) atoms. The minimum absolute atomic E-state index is 0.0531. The number of nitrogens with zero attached hydrogens (tertiary/aromatic N) is 4. The van der Waals surface area contributed by atoms with Crippen LogP contribution in [0.25, 0.3) is 5.65 Å². The Morgan fingerprint density at radius 1 is 1.16 bits per heavy atom. The maximum absolute atomic E-state index is 12.9. The van der Waals surface area contributed by atoms with E-state index in [2.05, 4.69) is 19.2 Å². The zero-order chi connectivity index (χ0) is 22.4. The largest absolute Gasteiger partial charge is 0.353 e. The van der Waals surface area contributed by atoms with E-state index in [9.17, 15) is 9.59 Å². The highest BCUT2D eigenvalue weighted by Crippen LogP contribution is 2.43. The molecule has 0 radical (unpaired) electrons. The Morgan fingerprint density at radius 3 is 2.62 bits per heavy atom. The fourth-order valence-corrected chi connectivity index (χ4v) is 5.69. The lowest BCUT2D eigenvalue weighted by Crippen LogP contribution is -2.32. The van der Waals surface area contributed by atoms with E-state index in [1.54, 1.807) is 0 Å². The van der Waals surface area contributed by atoms with Gasteiger partial charge in [0.05, 0.1) is 11.7 Å². The molecule has 3 fully saturated rings. The standard InChI is InChI=1S/C25H35N5O2/c1-15-13-20(15)25(32)29-12-6-9-22(29)21-14-23-26-16(2)19(17(3)30(23)28-21)10-11-24(31)27-18-7-4-5-8-18/h14-15,18,20,22H,4-13H2,1-3H3,(H,27,31). The molecule has 2 aliphatic carbocycles. The molecular formula is C25H35N5O2. The zero-order valence-corrected chi connectivity index (χ0v) is 19.6. The van der Waals surface area contributed by atoms with Crippen molar-refractivity contribution in [3.63, 3.8) is 0 Å². The predicted octanol–water partition coefficient (Wildman–Crippen LogP) is 3.66. The molecule has 0 aromatic carbocycles. The van der Waals surface area contributed by atoms with Crippen LogP contribution < -0.4 is 5.32 Å². The molecule has 0 bridgehead atoms. The molecule has 3 atom stereocenters. The number of hydrogen-bond donors (Lipinski definition) is 1. The van der Waals surface area contributed by atoms with Gasteiger partial charge >= 0.3 is 0 Å². The number of nitrogens with one attached hydrogen (secondary N) is 1. The molecule has 3 heterocycles. The lowest BCUT2D eigenvalue weighted by molar-refractivity contribution is -0.133. The van der Waals surface area contributed by atoms with Crippen molar-refractivity contribution in [3.05, 3.63) is 28.7 Å². The summed E-state index contributed by atoms with van der Waals surface area (Å²) in [5.41, 5.74) is 4.86. The van der Waals surface area contributed by atoms with Crippen LogP contribution in [-0.2, 0) is 16.0 Å². The number of fused-ring (bicyclic) bond motifs is 1. The van der Waals surface area contributed by atoms with E-state index < -0.39 is 0 Å². The molecule has 2 aromatic rings. The van der Waals surface area contributed by atoms with Crippen LogP contribution in [-0.4, -0.2) is 43.9 Å². The quantitative estimate of drug-likeness (QED) is 0.748. The van der Waals surface area contributed by atoms with E-state index in [4.69, 9.17) is 10.1 Å². The van der Waals surface area contributed by atoms with Crippen LogP contribution in [0.2, 0.25) is 0 Å². The van der Waals surface area contributed by atoms with Crippen molar-refractivity contribution in [2.24, 2.45) is 11.8 Å². The van der Waals surface area contributed by atoms with Crippen LogP contribution in [0.4, 0.5) is 0 Å². The molecule has 7 nitrogen and oxygen atoms in total. The second-order valence-electron chi connectivity index (χ2n) is 10.2. The molecule has 172 valence electrons. The molecule has 3 unspecified atom stereocenters. The first-order chi connectivity index (χ1) is 15.4. The summed E-state index contributed by atoms with van der Waals surface area (Å²) in [5.74, 6) is 1.15. The van der Waals surface area contributed by atoms with Gasteiger partial charge in [0.25, 0.3) is 0 Å². The number of aromatic nitrogens is 3. The fourth-order valence-electron chi connectivity index (χ4n) is 5.69. The summed E-state index contributed by atoms with van der Waals surface area (Å²) in [5, 5.41) is 8.08. The topological polar surface area (TPSA) is 79.6 Å². The van der Waals surface area contributed by atoms with Crippen molar-refractivity contribution in [1.82, 2.24) is 24.8 Å². The average molecular weight is 438 g/mol. The molecule has 5 rings (SSSR count). The first kappa shape index (κ1) is 21.4. The SMILES string of the molecule is Cc1nc2cc(C3CCCN3C(=O)C3CC3C)nn2c(C)c1CCC(=O)NC1CCCC1. The Labute approximate surface area is 190 Å². The summed E-state index contributed by atoms with van der Waals surface area (Å²) < 4.78 is 1.91. The zero-order valence-electron chi connectivity index (χ0n) is 19.6. The maximum atomic E-state index is 12.9. The molecule has 2 saturated carbocycles. The fraction of sp³-hybridized carbons (Fsp3) is 0.680. The van der Waals surface area contributed by atoms with Gasteiger partial charge in [-0.25, -0.2) is 9.50 Å². The second-order valence-corrected chi connectivity index (χ2v) is 10.2. The number of amides is 2. The summed E-state index contributed by atoms with van der Waals surface area (Å²) in [4.78, 5) is 32.2. The molecule has 1 aliphatic heterocycles. The summed E-state index contributed by atoms with van der Waals surface area (Å²) in [6, 6.07) is 2.45. The monoisotopic (exact) mass is 437 g/mol. The number of carbonyl (C=O) groups is 2. The summed E-state index contributed by atoms with van der Waals surface area (Å²) in [6.45, 7) is 7.06. The Balaban J connectivity index is 1.33. The van der Waals surface area contributed by atoms with Crippen LogP contribution in [0.5, 0.6) is 0 Å². The van der Waals surface area contributed by atoms with Crippen LogP contribution in [0, 0.1) is 25.7 Å². The first-order valence-electron chi connectivity index (χ1n) is 12.4. The third-order valence-electron chi connectivity index (χ3n) is 7.81. The van der Waals surface area contributed by atoms with Crippen LogP contribution in [0.1, 0.15) is 87.0 Å². The Bertz CT molecular complexity index is 1040. The van der Waals surface area contributed by atoms with E-state index in [0.717, 1.165) is 66.9 Å². The maximum Gasteiger partial charge on any atom is 0.226 e. The summed E-state index contributed by atoms with van der Waals surface area (Å²) in [7, 11) is 0. The highest BCUT2D eigenvalue weighted by molar-refractivity contribution is 5.82. The van der Waals surface area contributed by atoms with E-state index in [1.807, 2.05) is 22.4 Å². The van der Waals surface area contributed by atoms with Crippen molar-refractivity contribution < 1.29 is 9.59 Å². The third-order valence-corrected chi connectivity index (χ3v) is 7.81. The van der Waals surface area contributed by atoms with Crippen molar-refractivity contribution in [2.45, 2.75) is 90.6 Å². The van der Waals surface area contributed by atoms with Crippen molar-refractivity contribution >= 4 is 17.5 Å². The molecule has 2 aromatic heterocycles. The first-order valence-corrected chi connectivity index (χ1v) is 12.4. The van der Waals surface area contributed by atoms with Crippen molar-refractivity contribution in [2.75, 3.05) is 6.54 Å². The van der Waals surface area contributed by atoms with Crippen LogP contribution >= 0.6 is 0 Å². The van der Waals surface area contributed by atoms with Gasteiger partial charge in [-0.2, -0.15) is 5.10 Å². The van der Waals surface area contributed by atoms with Crippen LogP contribution in [0.15, 0.2) is 6.07 Å². The number of hydrogen-bond acceptors (Lipinski definition) is 4. The van der Waals surface area contributed by atoms with Crippen molar-refractivity contribution in [1.29, 1.82) is 0 Å². The van der Waals surface area contributed by atoms with Gasteiger partial charge in [-0.1, -0.05) is 19.8 Å². The van der Waals surface area contributed by atoms with Gasteiger partial charge in [-0.3, -0.25) is 9.59 Å². The van der Waals surface area contributed by atoms with Gasteiger partial charge in [-0.05, 0) is 63.9 Å². The summed E-state index contributed by atoms with van der Waals surface area (Å²) in [6.07, 6.45) is 8.80. The van der Waals surface area contributed by atoms with Gasteiger partial charge in [0.15, 0.2) is 5.65 Å². The molecular weight excluding hydrogens is 402 g/mol. The van der Waals surface area contributed by atoms with E-state index in [0.29, 0.717) is 30.7 Å². The smallest absolute Gasteiger partial charge is 0.226 e. The van der Waals surface area contributed by atoms with E-state index in [1.165, 1.54) is 12.8 Å². The normalized spacial score (nSPS) is 25.6. The molecule has 1 saturated heterocycles. The minimum Gasteiger partial charge on any atom is -0.353 e. The van der Waals surface area contributed by atoms with Crippen molar-refractivity contribution in [3.8, 4) is 0 Å². The lowest BCUT2D eigenvalue weighted by Gasteiger charge is -2.23. The van der Waals surface area contributed by atoms with Gasteiger partial charge in [0.2, 0.25) is 11.8 Å². The Hall–Kier alpha value is -2.44. The minimum atomic E-state index is 0.0531. The van der Waals surface area contributed by atoms with Gasteiger partial charge < -0.3 is 10.2 Å². The molecule has 3 aliphatic rings. The average Bonchev–Trinajstić information content (AvgIpc) is 3.22. The lowest BCUT2D eigenvalue weighted by atomic mass is 10.1. The van der Waals surface area contributed by atoms with Gasteiger partial charge in [0, 0.05) is 42.4 Å². The van der Waals surface area contributed by atoms with Gasteiger partial charge in [-0.15, -0.1) is 0 Å². The van der Waals surface area contributed by atoms with Crippen LogP contribution in [0.3, 0.4) is 0 Å². The molecule has 2 amide bonds. The van der Waals surface area contributed by atoms with Gasteiger partial charge in [0.1, 0.15) is 0 Å². The third kappa shape index (κ3) is 4.02. The second kappa shape index (κ2) is 8.49. The molecule has 7 heteroatoms.